The highest BCUT2D eigenvalue weighted by atomic mass is 16.7. The van der Waals surface area contributed by atoms with E-state index in [1.807, 2.05) is 0 Å². The lowest BCUT2D eigenvalue weighted by molar-refractivity contribution is -0.293. The first-order chi connectivity index (χ1) is 12.0. The van der Waals surface area contributed by atoms with Crippen LogP contribution in [0.3, 0.4) is 0 Å². The van der Waals surface area contributed by atoms with Crippen LogP contribution in [-0.4, -0.2) is 104 Å². The number of carboxylic acid groups (broad SMARTS) is 1. The molecule has 150 valence electrons. The van der Waals surface area contributed by atoms with E-state index in [0.29, 0.717) is 0 Å². The number of rotatable bonds is 3. The standard InChI is InChI=1S/C14H25N3O9/c1-3-5(17-12(16)13(23)24)2-4(15)14(25-3)26-11-9(21)7(19)6(18)8(20)10(11)22/h3-11,14,18-22H,2,15H2,1H3,(H2,16,17)(H,23,24)/t3?,4-,5+,6?,7+,8?,9+,10?,11?,14?/m0/s1. The molecular formula is C14H25N3O9. The molecule has 1 saturated heterocycles. The van der Waals surface area contributed by atoms with E-state index in [0.717, 1.165) is 0 Å². The number of nitrogens with two attached hydrogens (primary N) is 2. The summed E-state index contributed by atoms with van der Waals surface area (Å²) in [4.78, 5) is 14.6. The number of aliphatic carboxylic acids is 1. The van der Waals surface area contributed by atoms with E-state index < -0.39 is 72.9 Å². The average molecular weight is 379 g/mol. The lowest BCUT2D eigenvalue weighted by Crippen LogP contribution is -2.66. The maximum absolute atomic E-state index is 10.8. The number of aliphatic hydroxyl groups is 5. The molecule has 10 N–H and O–H groups in total. The van der Waals surface area contributed by atoms with E-state index in [9.17, 15) is 30.3 Å². The minimum absolute atomic E-state index is 0.145. The first-order valence-electron chi connectivity index (χ1n) is 8.08. The Kier molecular flexibility index (Phi) is 6.52. The molecule has 0 spiro atoms. The van der Waals surface area contributed by atoms with E-state index in [2.05, 4.69) is 4.99 Å². The topological polar surface area (TPSA) is 221 Å². The van der Waals surface area contributed by atoms with Crippen molar-refractivity contribution in [2.75, 3.05) is 0 Å². The number of amidine groups is 1. The molecule has 12 heteroatoms. The molecular weight excluding hydrogens is 354 g/mol. The molecule has 10 atom stereocenters. The van der Waals surface area contributed by atoms with E-state index in [1.165, 1.54) is 0 Å². The van der Waals surface area contributed by atoms with Gasteiger partial charge in [0.25, 0.3) is 0 Å². The lowest BCUT2D eigenvalue weighted by Gasteiger charge is -2.45. The zero-order valence-corrected chi connectivity index (χ0v) is 14.0. The van der Waals surface area contributed by atoms with Crippen molar-refractivity contribution < 1.29 is 44.9 Å². The summed E-state index contributed by atoms with van der Waals surface area (Å²) in [7, 11) is 0. The Bertz CT molecular complexity index is 532. The van der Waals surface area contributed by atoms with Crippen molar-refractivity contribution in [1.82, 2.24) is 0 Å². The largest absolute Gasteiger partial charge is 0.475 e. The maximum atomic E-state index is 10.8. The van der Waals surface area contributed by atoms with Crippen molar-refractivity contribution in [3.63, 3.8) is 0 Å². The zero-order chi connectivity index (χ0) is 19.8. The van der Waals surface area contributed by atoms with Crippen molar-refractivity contribution >= 4 is 11.8 Å². The maximum Gasteiger partial charge on any atom is 0.370 e. The fourth-order valence-electron chi connectivity index (χ4n) is 3.02. The van der Waals surface area contributed by atoms with Gasteiger partial charge in [-0.3, -0.25) is 4.99 Å². The Balaban J connectivity index is 2.07. The van der Waals surface area contributed by atoms with E-state index in [-0.39, 0.29) is 6.42 Å². The summed E-state index contributed by atoms with van der Waals surface area (Å²) < 4.78 is 11.0. The second-order valence-corrected chi connectivity index (χ2v) is 6.55. The van der Waals surface area contributed by atoms with Crippen molar-refractivity contribution in [3.05, 3.63) is 0 Å². The minimum Gasteiger partial charge on any atom is -0.475 e. The molecule has 0 radical (unpaired) electrons. The van der Waals surface area contributed by atoms with Gasteiger partial charge in [-0.15, -0.1) is 0 Å². The fourth-order valence-corrected chi connectivity index (χ4v) is 3.02. The first-order valence-corrected chi connectivity index (χ1v) is 8.08. The SMILES string of the molecule is CC1OC(OC2C(O)C(O)C(O)[C@@H](O)[C@H]2O)[C@@H](N)C[C@H]1N=C(N)C(=O)O. The molecule has 12 nitrogen and oxygen atoms in total. The first kappa shape index (κ1) is 20.9. The molecule has 1 aliphatic heterocycles. The number of hydrogen-bond donors (Lipinski definition) is 8. The predicted molar refractivity (Wildman–Crippen MR) is 84.9 cm³/mol. The number of carbonyl (C=O) groups is 1. The van der Waals surface area contributed by atoms with Crippen LogP contribution in [0.1, 0.15) is 13.3 Å². The quantitative estimate of drug-likeness (QED) is 0.172. The van der Waals surface area contributed by atoms with Crippen LogP contribution in [0.5, 0.6) is 0 Å². The molecule has 2 rings (SSSR count). The summed E-state index contributed by atoms with van der Waals surface area (Å²) in [5, 5.41) is 57.8. The van der Waals surface area contributed by atoms with Gasteiger partial charge >= 0.3 is 5.97 Å². The Morgan fingerprint density at radius 2 is 1.58 bits per heavy atom. The summed E-state index contributed by atoms with van der Waals surface area (Å²) >= 11 is 0. The van der Waals surface area contributed by atoms with Gasteiger partial charge < -0.3 is 51.6 Å². The second kappa shape index (κ2) is 8.10. The van der Waals surface area contributed by atoms with Crippen LogP contribution in [0, 0.1) is 0 Å². The molecule has 2 fully saturated rings. The van der Waals surface area contributed by atoms with Gasteiger partial charge in [-0.05, 0) is 13.3 Å². The predicted octanol–water partition coefficient (Wildman–Crippen LogP) is -4.54. The molecule has 0 bridgehead atoms. The van der Waals surface area contributed by atoms with Crippen LogP contribution in [-0.2, 0) is 14.3 Å². The Morgan fingerprint density at radius 3 is 2.08 bits per heavy atom. The molecule has 1 heterocycles. The number of aliphatic imine (C=N–C) groups is 1. The Morgan fingerprint density at radius 1 is 1.08 bits per heavy atom. The van der Waals surface area contributed by atoms with Crippen molar-refractivity contribution in [2.24, 2.45) is 16.5 Å². The summed E-state index contributed by atoms with van der Waals surface area (Å²) in [6.07, 6.45) is -11.7. The highest BCUT2D eigenvalue weighted by Gasteiger charge is 2.50. The average Bonchev–Trinajstić information content (AvgIpc) is 2.58. The minimum atomic E-state index is -1.74. The number of aliphatic hydroxyl groups excluding tert-OH is 5. The monoisotopic (exact) mass is 379 g/mol. The number of nitrogens with zero attached hydrogens (tertiary/aromatic N) is 1. The molecule has 6 unspecified atom stereocenters. The van der Waals surface area contributed by atoms with Crippen LogP contribution >= 0.6 is 0 Å². The van der Waals surface area contributed by atoms with Crippen molar-refractivity contribution in [3.8, 4) is 0 Å². The molecule has 0 aromatic carbocycles. The van der Waals surface area contributed by atoms with Gasteiger partial charge in [-0.2, -0.15) is 0 Å². The van der Waals surface area contributed by atoms with E-state index >= 15 is 0 Å². The van der Waals surface area contributed by atoms with Crippen molar-refractivity contribution in [1.29, 1.82) is 0 Å². The molecule has 2 aliphatic rings. The summed E-state index contributed by atoms with van der Waals surface area (Å²) in [5.74, 6) is -1.96. The van der Waals surface area contributed by atoms with Gasteiger partial charge in [0.05, 0.1) is 18.2 Å². The molecule has 1 saturated carbocycles. The third-order valence-corrected chi connectivity index (χ3v) is 4.64. The summed E-state index contributed by atoms with van der Waals surface area (Å²) in [5.41, 5.74) is 11.2. The van der Waals surface area contributed by atoms with Crippen LogP contribution in [0.15, 0.2) is 4.99 Å². The normalized spacial score (nSPS) is 47.6. The van der Waals surface area contributed by atoms with Gasteiger partial charge in [-0.1, -0.05) is 0 Å². The van der Waals surface area contributed by atoms with Crippen LogP contribution < -0.4 is 11.5 Å². The number of carboxylic acids is 1. The number of hydrogen-bond acceptors (Lipinski definition) is 10. The summed E-state index contributed by atoms with van der Waals surface area (Å²) in [6.45, 7) is 1.59. The highest BCUT2D eigenvalue weighted by Crippen LogP contribution is 2.29. The van der Waals surface area contributed by atoms with Crippen LogP contribution in [0.2, 0.25) is 0 Å². The molecule has 0 amide bonds. The Labute approximate surface area is 148 Å². The lowest BCUT2D eigenvalue weighted by atomic mass is 9.84. The zero-order valence-electron chi connectivity index (χ0n) is 14.0. The smallest absolute Gasteiger partial charge is 0.370 e. The van der Waals surface area contributed by atoms with Gasteiger partial charge in [-0.25, -0.2) is 4.79 Å². The van der Waals surface area contributed by atoms with Gasteiger partial charge in [0.2, 0.25) is 5.84 Å². The Hall–Kier alpha value is -1.38. The number of ether oxygens (including phenoxy) is 2. The molecule has 1 aliphatic carbocycles. The highest BCUT2D eigenvalue weighted by molar-refractivity contribution is 6.33. The van der Waals surface area contributed by atoms with Gasteiger partial charge in [0.1, 0.15) is 36.6 Å². The van der Waals surface area contributed by atoms with Crippen LogP contribution in [0.25, 0.3) is 0 Å². The van der Waals surface area contributed by atoms with E-state index in [1.54, 1.807) is 6.92 Å². The molecule has 26 heavy (non-hydrogen) atoms. The van der Waals surface area contributed by atoms with E-state index in [4.69, 9.17) is 26.0 Å². The van der Waals surface area contributed by atoms with Crippen LogP contribution in [0.4, 0.5) is 0 Å². The third kappa shape index (κ3) is 4.13. The van der Waals surface area contributed by atoms with Gasteiger partial charge in [0.15, 0.2) is 6.29 Å². The second-order valence-electron chi connectivity index (χ2n) is 6.55. The summed E-state index contributed by atoms with van der Waals surface area (Å²) in [6, 6.07) is -1.46. The molecule has 0 aromatic heterocycles. The molecule has 0 aromatic rings. The van der Waals surface area contributed by atoms with Crippen molar-refractivity contribution in [2.45, 2.75) is 74.4 Å². The van der Waals surface area contributed by atoms with Gasteiger partial charge in [0, 0.05) is 0 Å². The third-order valence-electron chi connectivity index (χ3n) is 4.64. The fraction of sp³-hybridized carbons (Fsp3) is 0.857.